The zero-order chi connectivity index (χ0) is 35.4. The Balaban J connectivity index is 1.26. The molecule has 1 N–H and O–H groups in total. The Labute approximate surface area is 289 Å². The van der Waals surface area contributed by atoms with E-state index in [0.29, 0.717) is 59.2 Å². The fourth-order valence-electron chi connectivity index (χ4n) is 8.09. The first-order valence-corrected chi connectivity index (χ1v) is 17.2. The van der Waals surface area contributed by atoms with Gasteiger partial charge in [-0.3, -0.25) is 10.00 Å². The zero-order valence-electron chi connectivity index (χ0n) is 29.2. The number of halogens is 3. The van der Waals surface area contributed by atoms with Crippen LogP contribution in [-0.2, 0) is 11.2 Å². The fraction of sp³-hybridized carbons (Fsp3) is 0.556. The zero-order valence-corrected chi connectivity index (χ0v) is 29.2. The normalized spacial score (nSPS) is 20.1. The number of hydrogen-bond donors (Lipinski definition) is 1. The maximum Gasteiger partial charge on any atom is 0.573 e. The molecule has 1 atom stereocenters. The van der Waals surface area contributed by atoms with Gasteiger partial charge in [0.1, 0.15) is 12.4 Å². The van der Waals surface area contributed by atoms with Gasteiger partial charge in [0, 0.05) is 52.8 Å². The summed E-state index contributed by atoms with van der Waals surface area (Å²) in [7, 11) is 3.47. The molecular formula is C36H44F3N7O4. The van der Waals surface area contributed by atoms with Gasteiger partial charge in [-0.2, -0.15) is 15.1 Å². The van der Waals surface area contributed by atoms with E-state index in [0.717, 1.165) is 50.9 Å². The number of likely N-dealkylation sites (N-methyl/N-ethyl adjacent to an activating group) is 1. The van der Waals surface area contributed by atoms with Crippen molar-refractivity contribution >= 4 is 27.9 Å². The molecule has 268 valence electrons. The summed E-state index contributed by atoms with van der Waals surface area (Å²) in [6.07, 6.45) is 0.797. The summed E-state index contributed by atoms with van der Waals surface area (Å²) in [5.74, 6) is -0.328. The van der Waals surface area contributed by atoms with Crippen molar-refractivity contribution in [3.8, 4) is 22.9 Å². The lowest BCUT2D eigenvalue weighted by molar-refractivity contribution is -0.274. The van der Waals surface area contributed by atoms with E-state index in [1.807, 2.05) is 19.1 Å². The van der Waals surface area contributed by atoms with Gasteiger partial charge in [0.25, 0.3) is 0 Å². The predicted molar refractivity (Wildman–Crippen MR) is 182 cm³/mol. The van der Waals surface area contributed by atoms with Gasteiger partial charge >= 0.3 is 18.5 Å². The van der Waals surface area contributed by atoms with E-state index in [4.69, 9.17) is 24.2 Å². The Hall–Kier alpha value is -4.17. The lowest BCUT2D eigenvalue weighted by Gasteiger charge is -2.55. The Morgan fingerprint density at radius 3 is 2.52 bits per heavy atom. The van der Waals surface area contributed by atoms with E-state index < -0.39 is 11.9 Å². The number of H-pyrrole nitrogens is 1. The van der Waals surface area contributed by atoms with E-state index in [-0.39, 0.29) is 34.9 Å². The number of alkyl halides is 3. The summed E-state index contributed by atoms with van der Waals surface area (Å²) in [5, 5.41) is 8.21. The number of methoxy groups -OCH3 is 1. The van der Waals surface area contributed by atoms with Crippen molar-refractivity contribution in [2.24, 2.45) is 5.41 Å². The van der Waals surface area contributed by atoms with Gasteiger partial charge in [0.15, 0.2) is 0 Å². The number of hydrogen-bond acceptors (Lipinski definition) is 9. The van der Waals surface area contributed by atoms with Gasteiger partial charge in [0.2, 0.25) is 0 Å². The first-order valence-electron chi connectivity index (χ1n) is 17.2. The highest BCUT2D eigenvalue weighted by molar-refractivity contribution is 6.00. The van der Waals surface area contributed by atoms with Crippen molar-refractivity contribution in [3.05, 3.63) is 41.7 Å². The van der Waals surface area contributed by atoms with Gasteiger partial charge < -0.3 is 24.0 Å². The third-order valence-electron chi connectivity index (χ3n) is 11.0. The molecule has 2 aromatic carbocycles. The molecule has 1 amide bonds. The summed E-state index contributed by atoms with van der Waals surface area (Å²) >= 11 is 0. The van der Waals surface area contributed by atoms with Crippen LogP contribution < -0.4 is 9.47 Å². The van der Waals surface area contributed by atoms with E-state index in [1.54, 1.807) is 17.2 Å². The number of likely N-dealkylation sites (tertiary alicyclic amines) is 3. The van der Waals surface area contributed by atoms with Crippen molar-refractivity contribution in [1.29, 1.82) is 0 Å². The van der Waals surface area contributed by atoms with Crippen LogP contribution in [0.3, 0.4) is 0 Å². The molecule has 0 aliphatic carbocycles. The summed E-state index contributed by atoms with van der Waals surface area (Å²) in [5.41, 5.74) is 3.05. The largest absolute Gasteiger partial charge is 0.573 e. The number of rotatable bonds is 8. The molecule has 7 rings (SSSR count). The van der Waals surface area contributed by atoms with Crippen molar-refractivity contribution in [2.45, 2.75) is 70.8 Å². The van der Waals surface area contributed by atoms with E-state index in [1.165, 1.54) is 13.2 Å². The van der Waals surface area contributed by atoms with Crippen molar-refractivity contribution in [1.82, 2.24) is 34.9 Å². The summed E-state index contributed by atoms with van der Waals surface area (Å²) in [6.45, 7) is 10.6. The molecule has 3 fully saturated rings. The van der Waals surface area contributed by atoms with Crippen LogP contribution in [0, 0.1) is 12.3 Å². The van der Waals surface area contributed by atoms with Crippen LogP contribution in [0.2, 0.25) is 0 Å². The van der Waals surface area contributed by atoms with Gasteiger partial charge in [-0.05, 0) is 102 Å². The van der Waals surface area contributed by atoms with E-state index in [9.17, 15) is 18.0 Å². The maximum absolute atomic E-state index is 14.0. The van der Waals surface area contributed by atoms with Crippen molar-refractivity contribution in [3.63, 3.8) is 0 Å². The monoisotopic (exact) mass is 695 g/mol. The van der Waals surface area contributed by atoms with Crippen LogP contribution in [-0.4, -0.2) is 112 Å². The first-order chi connectivity index (χ1) is 23.7. The second-order valence-corrected chi connectivity index (χ2v) is 14.8. The van der Waals surface area contributed by atoms with Gasteiger partial charge in [-0.1, -0.05) is 6.07 Å². The van der Waals surface area contributed by atoms with Crippen LogP contribution in [0.15, 0.2) is 30.5 Å². The van der Waals surface area contributed by atoms with Gasteiger partial charge in [-0.25, -0.2) is 4.79 Å². The minimum atomic E-state index is -4.92. The molecule has 14 heteroatoms. The lowest BCUT2D eigenvalue weighted by Crippen LogP contribution is -2.63. The number of fused-ring (bicyclic) bond motifs is 2. The Kier molecular flexibility index (Phi) is 8.82. The molecule has 11 nitrogen and oxygen atoms in total. The average Bonchev–Trinajstić information content (AvgIpc) is 3.70. The average molecular weight is 696 g/mol. The quantitative estimate of drug-likeness (QED) is 0.226. The van der Waals surface area contributed by atoms with E-state index in [2.05, 4.69) is 40.9 Å². The first kappa shape index (κ1) is 34.3. The van der Waals surface area contributed by atoms with Gasteiger partial charge in [-0.15, -0.1) is 13.2 Å². The molecule has 2 aromatic heterocycles. The smallest absolute Gasteiger partial charge is 0.462 e. The number of carbonyl (C=O) groups excluding carboxylic acids is 1. The number of aryl methyl sites for hydroxylation is 1. The summed E-state index contributed by atoms with van der Waals surface area (Å²) < 4.78 is 57.9. The molecule has 0 bridgehead atoms. The molecule has 50 heavy (non-hydrogen) atoms. The molecule has 0 radical (unpaired) electrons. The second-order valence-electron chi connectivity index (χ2n) is 14.8. The summed E-state index contributed by atoms with van der Waals surface area (Å²) in [4.78, 5) is 28.0. The van der Waals surface area contributed by atoms with Crippen LogP contribution >= 0.6 is 0 Å². The molecule has 4 aromatic rings. The molecule has 0 saturated carbocycles. The number of nitrogens with one attached hydrogen (secondary N) is 1. The van der Waals surface area contributed by atoms with Crippen LogP contribution in [0.4, 0.5) is 18.0 Å². The van der Waals surface area contributed by atoms with Crippen LogP contribution in [0.5, 0.6) is 11.8 Å². The highest BCUT2D eigenvalue weighted by Gasteiger charge is 2.48. The highest BCUT2D eigenvalue weighted by Crippen LogP contribution is 2.44. The number of aromatic nitrogens is 4. The molecular weight excluding hydrogens is 651 g/mol. The standard InChI is InChI=1S/C36H44F3N7O4/c1-22-8-9-27-26(18-40-43-27)31(22)25-15-28-24(16-30(25)50-36(37,38)39)29(42-32(41-28)49-19-23-7-6-12-44(23)4)17-34(2,3)46-13-10-35(11-14-46)20-45(21-35)33(47)48-5/h8-9,15-16,18,23H,6-7,10-14,17,19-21H2,1-5H3,(H,40,43)/t23-/m0/s1. The van der Waals surface area contributed by atoms with Crippen LogP contribution in [0.1, 0.15) is 50.8 Å². The van der Waals surface area contributed by atoms with Crippen molar-refractivity contribution in [2.75, 3.05) is 53.5 Å². The molecule has 3 aliphatic heterocycles. The fourth-order valence-corrected chi connectivity index (χ4v) is 8.09. The molecule has 0 unspecified atom stereocenters. The predicted octanol–water partition coefficient (Wildman–Crippen LogP) is 6.34. The molecule has 3 aliphatic rings. The van der Waals surface area contributed by atoms with Crippen LogP contribution in [0.25, 0.3) is 32.9 Å². The topological polar surface area (TPSA) is 109 Å². The Bertz CT molecular complexity index is 1900. The van der Waals surface area contributed by atoms with E-state index >= 15 is 0 Å². The number of piperidine rings is 1. The minimum Gasteiger partial charge on any atom is -0.462 e. The second kappa shape index (κ2) is 12.9. The molecule has 3 saturated heterocycles. The number of nitrogens with zero attached hydrogens (tertiary/aromatic N) is 6. The molecule has 1 spiro atoms. The number of carbonyl (C=O) groups is 1. The van der Waals surface area contributed by atoms with Crippen molar-refractivity contribution < 1.29 is 32.2 Å². The summed E-state index contributed by atoms with van der Waals surface area (Å²) in [6, 6.07) is 7.22. The third kappa shape index (κ3) is 6.67. The SMILES string of the molecule is COC(=O)N1CC2(CCN(C(C)(C)Cc3nc(OC[C@@H]4CCCN4C)nc4cc(-c5c(C)ccc6[nH]ncc56)c(OC(F)(F)F)cc34)CC2)C1. The van der Waals surface area contributed by atoms with Gasteiger partial charge in [0.05, 0.1) is 30.0 Å². The minimum absolute atomic E-state index is 0.0903. The highest BCUT2D eigenvalue weighted by atomic mass is 19.4. The molecule has 5 heterocycles. The number of aromatic amines is 1. The number of benzene rings is 2. The number of ether oxygens (including phenoxy) is 3. The number of amides is 1. The third-order valence-corrected chi connectivity index (χ3v) is 11.0. The Morgan fingerprint density at radius 2 is 1.84 bits per heavy atom. The maximum atomic E-state index is 14.0. The lowest BCUT2D eigenvalue weighted by atomic mass is 9.71. The Morgan fingerprint density at radius 1 is 1.08 bits per heavy atom.